The number of nitrogens with one attached hydrogen (secondary N) is 2. The van der Waals surface area contributed by atoms with Gasteiger partial charge in [-0.3, -0.25) is 4.98 Å². The molecule has 0 amide bonds. The summed E-state index contributed by atoms with van der Waals surface area (Å²) in [7, 11) is 3.69. The van der Waals surface area contributed by atoms with Gasteiger partial charge >= 0.3 is 0 Å². The summed E-state index contributed by atoms with van der Waals surface area (Å²) in [5.41, 5.74) is 4.24. The second-order valence-electron chi connectivity index (χ2n) is 7.41. The number of methoxy groups -OCH3 is 1. The third-order valence-electron chi connectivity index (χ3n) is 5.15. The van der Waals surface area contributed by atoms with Crippen LogP contribution < -0.4 is 15.4 Å². The summed E-state index contributed by atoms with van der Waals surface area (Å²) in [6.07, 6.45) is 6.71. The van der Waals surface area contributed by atoms with Crippen LogP contribution in [0.1, 0.15) is 36.9 Å². The number of ether oxygens (including phenoxy) is 1. The van der Waals surface area contributed by atoms with E-state index in [9.17, 15) is 0 Å². The molecule has 3 aromatic rings. The summed E-state index contributed by atoms with van der Waals surface area (Å²) >= 11 is 0. The van der Waals surface area contributed by atoms with Crippen molar-refractivity contribution in [3.05, 3.63) is 66.2 Å². The minimum Gasteiger partial charge on any atom is -0.496 e. The van der Waals surface area contributed by atoms with Crippen molar-refractivity contribution in [3.63, 3.8) is 0 Å². The summed E-state index contributed by atoms with van der Waals surface area (Å²) in [5.74, 6) is 2.01. The predicted molar refractivity (Wildman–Crippen MR) is 132 cm³/mol. The Labute approximate surface area is 192 Å². The van der Waals surface area contributed by atoms with Crippen LogP contribution in [0.3, 0.4) is 0 Å². The van der Waals surface area contributed by atoms with Crippen molar-refractivity contribution in [1.82, 2.24) is 20.3 Å². The van der Waals surface area contributed by atoms with Crippen LogP contribution in [-0.2, 0) is 6.42 Å². The molecule has 0 fully saturated rings. The third kappa shape index (κ3) is 7.22. The van der Waals surface area contributed by atoms with E-state index >= 15 is 0 Å². The number of para-hydroxylation sites is 1. The standard InChI is InChI=1S/C24H31N5O.H2S/c1-18(21-9-4-5-10-23(21)30-3)16-27-24-15-22(28-17-29-24)19-11-13-26-20(14-19)8-6-7-12-25-2;/h4-5,9-11,13-15,17-18,25H,6-8,12,16H2,1-3H3,(H,27,28,29);1H2/t18-;/m1./s1. The molecule has 0 radical (unpaired) electrons. The Balaban J connectivity index is 0.00000341. The molecule has 0 bridgehead atoms. The van der Waals surface area contributed by atoms with Gasteiger partial charge in [-0.2, -0.15) is 13.5 Å². The number of anilines is 1. The van der Waals surface area contributed by atoms with Crippen molar-refractivity contribution in [2.45, 2.75) is 32.1 Å². The Hall–Kier alpha value is -2.64. The summed E-state index contributed by atoms with van der Waals surface area (Å²) in [6.45, 7) is 3.97. The highest BCUT2D eigenvalue weighted by molar-refractivity contribution is 7.59. The maximum Gasteiger partial charge on any atom is 0.129 e. The molecule has 1 atom stereocenters. The van der Waals surface area contributed by atoms with E-state index in [1.165, 1.54) is 5.56 Å². The van der Waals surface area contributed by atoms with E-state index in [2.05, 4.69) is 44.6 Å². The monoisotopic (exact) mass is 439 g/mol. The molecule has 0 saturated carbocycles. The van der Waals surface area contributed by atoms with Gasteiger partial charge in [0.2, 0.25) is 0 Å². The molecule has 0 aliphatic carbocycles. The predicted octanol–water partition coefficient (Wildman–Crippen LogP) is 4.42. The highest BCUT2D eigenvalue weighted by atomic mass is 32.1. The molecule has 2 aromatic heterocycles. The maximum atomic E-state index is 5.49. The fraction of sp³-hybridized carbons (Fsp3) is 0.375. The van der Waals surface area contributed by atoms with E-state index in [1.54, 1.807) is 13.4 Å². The van der Waals surface area contributed by atoms with Crippen molar-refractivity contribution < 1.29 is 4.74 Å². The molecule has 2 N–H and O–H groups in total. The van der Waals surface area contributed by atoms with Crippen LogP contribution in [0, 0.1) is 0 Å². The number of nitrogens with zero attached hydrogens (tertiary/aromatic N) is 3. The largest absolute Gasteiger partial charge is 0.496 e. The smallest absolute Gasteiger partial charge is 0.129 e. The number of unbranched alkanes of at least 4 members (excludes halogenated alkanes) is 1. The Morgan fingerprint density at radius 3 is 2.68 bits per heavy atom. The number of aromatic nitrogens is 3. The Bertz CT molecular complexity index is 937. The lowest BCUT2D eigenvalue weighted by molar-refractivity contribution is 0.407. The zero-order chi connectivity index (χ0) is 21.2. The quantitative estimate of drug-likeness (QED) is 0.431. The van der Waals surface area contributed by atoms with Crippen LogP contribution in [0.2, 0.25) is 0 Å². The van der Waals surface area contributed by atoms with Crippen LogP contribution in [0.15, 0.2) is 55.0 Å². The first-order valence-electron chi connectivity index (χ1n) is 10.5. The van der Waals surface area contributed by atoms with Crippen molar-refractivity contribution in [3.8, 4) is 17.0 Å². The molecule has 166 valence electrons. The highest BCUT2D eigenvalue weighted by Gasteiger charge is 2.11. The Morgan fingerprint density at radius 1 is 1.03 bits per heavy atom. The zero-order valence-corrected chi connectivity index (χ0v) is 19.6. The Kier molecular flexibility index (Phi) is 10.3. The SMILES string of the molecule is CNCCCCc1cc(-c2cc(NC[C@@H](C)c3ccccc3OC)ncn2)ccn1.S. The maximum absolute atomic E-state index is 5.49. The van der Waals surface area contributed by atoms with Gasteiger partial charge in [0.05, 0.1) is 12.8 Å². The molecule has 0 spiro atoms. The fourth-order valence-electron chi connectivity index (χ4n) is 3.44. The van der Waals surface area contributed by atoms with Gasteiger partial charge in [-0.25, -0.2) is 9.97 Å². The van der Waals surface area contributed by atoms with Crippen LogP contribution in [0.25, 0.3) is 11.3 Å². The number of hydrogen-bond acceptors (Lipinski definition) is 6. The number of rotatable bonds is 11. The number of hydrogen-bond donors (Lipinski definition) is 2. The molecule has 2 heterocycles. The van der Waals surface area contributed by atoms with Crippen LogP contribution in [-0.4, -0.2) is 42.2 Å². The third-order valence-corrected chi connectivity index (χ3v) is 5.15. The molecule has 0 saturated heterocycles. The molecule has 31 heavy (non-hydrogen) atoms. The van der Waals surface area contributed by atoms with Gasteiger partial charge in [0.25, 0.3) is 0 Å². The highest BCUT2D eigenvalue weighted by Crippen LogP contribution is 2.26. The van der Waals surface area contributed by atoms with Crippen LogP contribution in [0.4, 0.5) is 5.82 Å². The van der Waals surface area contributed by atoms with Crippen molar-refractivity contribution in [2.24, 2.45) is 0 Å². The van der Waals surface area contributed by atoms with Gasteiger partial charge in [-0.05, 0) is 56.6 Å². The van der Waals surface area contributed by atoms with Crippen molar-refractivity contribution in [1.29, 1.82) is 0 Å². The second-order valence-corrected chi connectivity index (χ2v) is 7.41. The lowest BCUT2D eigenvalue weighted by Crippen LogP contribution is -2.12. The minimum absolute atomic E-state index is 0. The van der Waals surface area contributed by atoms with Gasteiger partial charge in [0.15, 0.2) is 0 Å². The summed E-state index contributed by atoms with van der Waals surface area (Å²) in [5, 5.41) is 6.62. The van der Waals surface area contributed by atoms with Gasteiger partial charge in [-0.15, -0.1) is 0 Å². The first-order chi connectivity index (χ1) is 14.7. The van der Waals surface area contributed by atoms with Crippen molar-refractivity contribution >= 4 is 19.3 Å². The number of pyridine rings is 1. The second kappa shape index (κ2) is 12.9. The van der Waals surface area contributed by atoms with Crippen LogP contribution in [0.5, 0.6) is 5.75 Å². The summed E-state index contributed by atoms with van der Waals surface area (Å²) in [6, 6.07) is 14.2. The van der Waals surface area contributed by atoms with Gasteiger partial charge in [-0.1, -0.05) is 25.1 Å². The average Bonchev–Trinajstić information content (AvgIpc) is 2.80. The molecule has 0 aliphatic heterocycles. The molecule has 1 aromatic carbocycles. The van der Waals surface area contributed by atoms with E-state index < -0.39 is 0 Å². The van der Waals surface area contributed by atoms with E-state index in [1.807, 2.05) is 43.6 Å². The lowest BCUT2D eigenvalue weighted by Gasteiger charge is -2.16. The summed E-state index contributed by atoms with van der Waals surface area (Å²) in [4.78, 5) is 13.4. The zero-order valence-electron chi connectivity index (χ0n) is 18.6. The van der Waals surface area contributed by atoms with Gasteiger partial charge < -0.3 is 15.4 Å². The lowest BCUT2D eigenvalue weighted by atomic mass is 10.00. The van der Waals surface area contributed by atoms with Gasteiger partial charge in [0, 0.05) is 36.0 Å². The number of aryl methyl sites for hydroxylation is 1. The van der Waals surface area contributed by atoms with Crippen molar-refractivity contribution in [2.75, 3.05) is 32.6 Å². The molecular formula is C24H33N5OS. The van der Waals surface area contributed by atoms with Crippen LogP contribution >= 0.6 is 13.5 Å². The normalized spacial score (nSPS) is 11.5. The van der Waals surface area contributed by atoms with Gasteiger partial charge in [0.1, 0.15) is 17.9 Å². The first-order valence-corrected chi connectivity index (χ1v) is 10.5. The first kappa shape index (κ1) is 24.6. The average molecular weight is 440 g/mol. The summed E-state index contributed by atoms with van der Waals surface area (Å²) < 4.78 is 5.49. The van der Waals surface area contributed by atoms with E-state index in [4.69, 9.17) is 4.74 Å². The minimum atomic E-state index is 0. The van der Waals surface area contributed by atoms with E-state index in [-0.39, 0.29) is 19.4 Å². The topological polar surface area (TPSA) is 72.0 Å². The molecular weight excluding hydrogens is 406 g/mol. The molecule has 0 unspecified atom stereocenters. The fourth-order valence-corrected chi connectivity index (χ4v) is 3.44. The van der Waals surface area contributed by atoms with E-state index in [0.717, 1.165) is 60.9 Å². The molecule has 6 nitrogen and oxygen atoms in total. The number of benzene rings is 1. The molecule has 3 rings (SSSR count). The Morgan fingerprint density at radius 2 is 1.87 bits per heavy atom. The molecule has 0 aliphatic rings. The molecule has 7 heteroatoms. The van der Waals surface area contributed by atoms with E-state index in [0.29, 0.717) is 0 Å².